The Labute approximate surface area is 122 Å². The third-order valence-electron chi connectivity index (χ3n) is 4.64. The lowest BCUT2D eigenvalue weighted by atomic mass is 9.89. The van der Waals surface area contributed by atoms with Crippen molar-refractivity contribution in [3.05, 3.63) is 28.8 Å². The SMILES string of the molecule is Bc1cc(C)c2c(c1)CN(NCC1CCCCC1)C2=O. The van der Waals surface area contributed by atoms with E-state index in [-0.39, 0.29) is 5.91 Å². The van der Waals surface area contributed by atoms with E-state index < -0.39 is 0 Å². The Morgan fingerprint density at radius 1 is 1.30 bits per heavy atom. The fourth-order valence-corrected chi connectivity index (χ4v) is 3.62. The van der Waals surface area contributed by atoms with Crippen LogP contribution in [0.2, 0.25) is 0 Å². The van der Waals surface area contributed by atoms with E-state index in [4.69, 9.17) is 0 Å². The van der Waals surface area contributed by atoms with Gasteiger partial charge in [-0.2, -0.15) is 0 Å². The molecule has 1 saturated carbocycles. The van der Waals surface area contributed by atoms with Gasteiger partial charge in [-0.1, -0.05) is 36.9 Å². The van der Waals surface area contributed by atoms with Gasteiger partial charge in [-0.25, -0.2) is 5.43 Å². The van der Waals surface area contributed by atoms with E-state index in [9.17, 15) is 4.79 Å². The molecule has 0 saturated heterocycles. The number of fused-ring (bicyclic) bond motifs is 1. The highest BCUT2D eigenvalue weighted by molar-refractivity contribution is 6.32. The van der Waals surface area contributed by atoms with Crippen molar-refractivity contribution in [3.63, 3.8) is 0 Å². The summed E-state index contributed by atoms with van der Waals surface area (Å²) in [4.78, 5) is 12.5. The monoisotopic (exact) mass is 270 g/mol. The smallest absolute Gasteiger partial charge is 0.268 e. The van der Waals surface area contributed by atoms with E-state index in [0.717, 1.165) is 23.6 Å². The first kappa shape index (κ1) is 13.7. The van der Waals surface area contributed by atoms with Crippen LogP contribution in [0.4, 0.5) is 0 Å². The molecule has 1 amide bonds. The number of nitrogens with one attached hydrogen (secondary N) is 1. The second kappa shape index (κ2) is 5.61. The molecule has 20 heavy (non-hydrogen) atoms. The Balaban J connectivity index is 1.66. The maximum absolute atomic E-state index is 12.5. The molecule has 4 heteroatoms. The average molecular weight is 270 g/mol. The number of rotatable bonds is 3. The average Bonchev–Trinajstić information content (AvgIpc) is 2.74. The van der Waals surface area contributed by atoms with Gasteiger partial charge < -0.3 is 0 Å². The van der Waals surface area contributed by atoms with Gasteiger partial charge in [0.25, 0.3) is 5.91 Å². The topological polar surface area (TPSA) is 32.3 Å². The number of amides is 1. The zero-order valence-electron chi connectivity index (χ0n) is 12.5. The molecule has 0 radical (unpaired) electrons. The highest BCUT2D eigenvalue weighted by Crippen LogP contribution is 2.25. The van der Waals surface area contributed by atoms with Gasteiger partial charge in [0, 0.05) is 12.1 Å². The minimum absolute atomic E-state index is 0.147. The Kier molecular flexibility index (Phi) is 3.84. The van der Waals surface area contributed by atoms with Crippen molar-refractivity contribution in [3.8, 4) is 0 Å². The molecular formula is C16H23BN2O. The zero-order valence-corrected chi connectivity index (χ0v) is 12.5. The number of nitrogens with zero attached hydrogens (tertiary/aromatic N) is 1. The van der Waals surface area contributed by atoms with E-state index in [0.29, 0.717) is 6.54 Å². The van der Waals surface area contributed by atoms with Crippen molar-refractivity contribution in [1.29, 1.82) is 0 Å². The normalized spacial score (nSPS) is 19.4. The fourth-order valence-electron chi connectivity index (χ4n) is 3.62. The van der Waals surface area contributed by atoms with Gasteiger partial charge in [0.2, 0.25) is 0 Å². The fraction of sp³-hybridized carbons (Fsp3) is 0.562. The van der Waals surface area contributed by atoms with Crippen molar-refractivity contribution in [2.45, 2.75) is 45.6 Å². The Morgan fingerprint density at radius 3 is 2.80 bits per heavy atom. The van der Waals surface area contributed by atoms with E-state index in [2.05, 4.69) is 25.4 Å². The van der Waals surface area contributed by atoms with Gasteiger partial charge >= 0.3 is 0 Å². The quantitative estimate of drug-likeness (QED) is 0.839. The van der Waals surface area contributed by atoms with Crippen LogP contribution in [0.5, 0.6) is 0 Å². The van der Waals surface area contributed by atoms with E-state index >= 15 is 0 Å². The standard InChI is InChI=1S/C16H23BN2O/c1-11-7-14(17)8-13-10-19(16(20)15(11)13)18-9-12-5-3-2-4-6-12/h7-8,12,18H,2-6,9-10,17H2,1H3. The second-order valence-corrected chi connectivity index (χ2v) is 6.37. The van der Waals surface area contributed by atoms with Crippen LogP contribution in [0, 0.1) is 12.8 Å². The largest absolute Gasteiger partial charge is 0.269 e. The van der Waals surface area contributed by atoms with E-state index in [1.165, 1.54) is 43.1 Å². The second-order valence-electron chi connectivity index (χ2n) is 6.37. The summed E-state index contributed by atoms with van der Waals surface area (Å²) < 4.78 is 0. The summed E-state index contributed by atoms with van der Waals surface area (Å²) in [6.45, 7) is 3.69. The molecule has 0 unspecified atom stereocenters. The van der Waals surface area contributed by atoms with Gasteiger partial charge in [-0.15, -0.1) is 0 Å². The van der Waals surface area contributed by atoms with E-state index in [1.807, 2.05) is 11.9 Å². The maximum Gasteiger partial charge on any atom is 0.268 e. The molecule has 1 aromatic carbocycles. The van der Waals surface area contributed by atoms with Crippen molar-refractivity contribution < 1.29 is 4.79 Å². The molecule has 2 aliphatic rings. The van der Waals surface area contributed by atoms with Gasteiger partial charge in [0.05, 0.1) is 6.54 Å². The zero-order chi connectivity index (χ0) is 14.1. The molecule has 0 bridgehead atoms. The molecule has 0 aromatic heterocycles. The molecule has 1 fully saturated rings. The number of benzene rings is 1. The van der Waals surface area contributed by atoms with Gasteiger partial charge in [-0.05, 0) is 36.8 Å². The summed E-state index contributed by atoms with van der Waals surface area (Å²) in [6, 6.07) is 4.24. The lowest BCUT2D eigenvalue weighted by Gasteiger charge is -2.25. The molecule has 1 aliphatic carbocycles. The number of carbonyl (C=O) groups is 1. The van der Waals surface area contributed by atoms with Crippen LogP contribution >= 0.6 is 0 Å². The Hall–Kier alpha value is -1.29. The summed E-state index contributed by atoms with van der Waals surface area (Å²) >= 11 is 0. The molecule has 1 N–H and O–H groups in total. The number of carbonyl (C=O) groups excluding carboxylic acids is 1. The van der Waals surface area contributed by atoms with E-state index in [1.54, 1.807) is 0 Å². The molecule has 1 aliphatic heterocycles. The third-order valence-corrected chi connectivity index (χ3v) is 4.64. The summed E-state index contributed by atoms with van der Waals surface area (Å²) in [5.41, 5.74) is 7.80. The first-order valence-corrected chi connectivity index (χ1v) is 7.80. The highest BCUT2D eigenvalue weighted by Gasteiger charge is 2.29. The van der Waals surface area contributed by atoms with Crippen LogP contribution in [0.15, 0.2) is 12.1 Å². The number of hydrazine groups is 1. The van der Waals surface area contributed by atoms with Crippen molar-refractivity contribution in [1.82, 2.24) is 10.4 Å². The van der Waals surface area contributed by atoms with Gasteiger partial charge in [0.1, 0.15) is 7.85 Å². The summed E-state index contributed by atoms with van der Waals surface area (Å²) in [6.07, 6.45) is 6.68. The summed E-state index contributed by atoms with van der Waals surface area (Å²) in [5.74, 6) is 0.886. The molecule has 106 valence electrons. The van der Waals surface area contributed by atoms with Crippen molar-refractivity contribution in [2.24, 2.45) is 5.92 Å². The summed E-state index contributed by atoms with van der Waals surface area (Å²) in [5, 5.41) is 1.81. The van der Waals surface area contributed by atoms with Crippen molar-refractivity contribution >= 4 is 19.2 Å². The van der Waals surface area contributed by atoms with Crippen LogP contribution < -0.4 is 10.9 Å². The molecule has 0 atom stereocenters. The lowest BCUT2D eigenvalue weighted by molar-refractivity contribution is 0.0663. The predicted octanol–water partition coefficient (Wildman–Crippen LogP) is 1.29. The lowest BCUT2D eigenvalue weighted by Crippen LogP contribution is -2.41. The van der Waals surface area contributed by atoms with Crippen LogP contribution in [0.3, 0.4) is 0 Å². The molecular weight excluding hydrogens is 247 g/mol. The molecule has 0 spiro atoms. The molecule has 1 aromatic rings. The summed E-state index contributed by atoms with van der Waals surface area (Å²) in [7, 11) is 2.09. The van der Waals surface area contributed by atoms with Crippen LogP contribution in [-0.4, -0.2) is 25.3 Å². The highest BCUT2D eigenvalue weighted by atomic mass is 16.2. The number of hydrogen-bond acceptors (Lipinski definition) is 2. The van der Waals surface area contributed by atoms with Crippen LogP contribution in [0.25, 0.3) is 0 Å². The first-order chi connectivity index (χ1) is 9.65. The van der Waals surface area contributed by atoms with Gasteiger partial charge in [0.15, 0.2) is 0 Å². The minimum Gasteiger partial charge on any atom is -0.269 e. The molecule has 3 rings (SSSR count). The molecule has 1 heterocycles. The van der Waals surface area contributed by atoms with Crippen molar-refractivity contribution in [2.75, 3.05) is 6.54 Å². The number of aryl methyl sites for hydroxylation is 1. The third kappa shape index (κ3) is 2.62. The van der Waals surface area contributed by atoms with Crippen LogP contribution in [0.1, 0.15) is 53.6 Å². The first-order valence-electron chi connectivity index (χ1n) is 7.80. The predicted molar refractivity (Wildman–Crippen MR) is 83.8 cm³/mol. The molecule has 3 nitrogen and oxygen atoms in total. The maximum atomic E-state index is 12.5. The number of hydrogen-bond donors (Lipinski definition) is 1. The van der Waals surface area contributed by atoms with Gasteiger partial charge in [-0.3, -0.25) is 9.80 Å². The minimum atomic E-state index is 0.147. The Morgan fingerprint density at radius 2 is 2.05 bits per heavy atom. The Bertz CT molecular complexity index is 523. The van der Waals surface area contributed by atoms with Crippen LogP contribution in [-0.2, 0) is 6.54 Å².